The van der Waals surface area contributed by atoms with Crippen LogP contribution < -0.4 is 0 Å². The molecule has 0 aliphatic carbocycles. The fourth-order valence-corrected chi connectivity index (χ4v) is 4.56. The Morgan fingerprint density at radius 2 is 1.55 bits per heavy atom. The van der Waals surface area contributed by atoms with Crippen molar-refractivity contribution in [3.8, 4) is 0 Å². The van der Waals surface area contributed by atoms with Crippen LogP contribution >= 0.6 is 0 Å². The Bertz CT molecular complexity index is 816. The molecule has 1 aromatic rings. The van der Waals surface area contributed by atoms with Crippen LogP contribution in [-0.2, 0) is 20.9 Å². The normalized spacial score (nSPS) is 24.9. The second kappa shape index (κ2) is 7.78. The van der Waals surface area contributed by atoms with Crippen molar-refractivity contribution >= 4 is 17.7 Å². The zero-order valence-corrected chi connectivity index (χ0v) is 15.9. The highest BCUT2D eigenvalue weighted by Gasteiger charge is 2.51. The van der Waals surface area contributed by atoms with Gasteiger partial charge in [-0.2, -0.15) is 0 Å². The van der Waals surface area contributed by atoms with E-state index in [9.17, 15) is 27.6 Å². The number of benzene rings is 1. The molecule has 9 heteroatoms. The van der Waals surface area contributed by atoms with Gasteiger partial charge in [0, 0.05) is 45.7 Å². The van der Waals surface area contributed by atoms with Gasteiger partial charge in [0.15, 0.2) is 17.5 Å². The topological polar surface area (TPSA) is 60.9 Å². The van der Waals surface area contributed by atoms with Crippen LogP contribution in [0.4, 0.5) is 13.2 Å². The zero-order valence-electron chi connectivity index (χ0n) is 15.9. The number of halogens is 3. The summed E-state index contributed by atoms with van der Waals surface area (Å²) in [6.45, 7) is 2.33. The molecule has 3 aliphatic rings. The van der Waals surface area contributed by atoms with Gasteiger partial charge >= 0.3 is 0 Å². The maximum atomic E-state index is 13.4. The van der Waals surface area contributed by atoms with Gasteiger partial charge in [0.1, 0.15) is 0 Å². The number of rotatable bonds is 6. The molecule has 0 N–H and O–H groups in total. The average Bonchev–Trinajstić information content (AvgIpc) is 3.33. The summed E-state index contributed by atoms with van der Waals surface area (Å²) in [5, 5.41) is 0. The van der Waals surface area contributed by atoms with E-state index in [1.54, 1.807) is 9.80 Å². The summed E-state index contributed by atoms with van der Waals surface area (Å²) in [7, 11) is 0. The molecule has 3 saturated heterocycles. The molecule has 3 fully saturated rings. The summed E-state index contributed by atoms with van der Waals surface area (Å²) in [5.74, 6) is -5.30. The molecule has 0 aromatic heterocycles. The molecule has 4 rings (SSSR count). The highest BCUT2D eigenvalue weighted by atomic mass is 19.2. The van der Waals surface area contributed by atoms with E-state index in [2.05, 4.69) is 0 Å². The summed E-state index contributed by atoms with van der Waals surface area (Å²) in [6.07, 6.45) is 1.96. The van der Waals surface area contributed by atoms with E-state index in [0.717, 1.165) is 25.1 Å². The Morgan fingerprint density at radius 3 is 2.10 bits per heavy atom. The average molecular weight is 409 g/mol. The largest absolute Gasteiger partial charge is 0.343 e. The van der Waals surface area contributed by atoms with E-state index < -0.39 is 29.3 Å². The van der Waals surface area contributed by atoms with E-state index in [4.69, 9.17) is 0 Å². The highest BCUT2D eigenvalue weighted by molar-refractivity contribution is 6.05. The van der Waals surface area contributed by atoms with Crippen molar-refractivity contribution in [3.63, 3.8) is 0 Å². The smallest absolute Gasteiger partial charge is 0.234 e. The lowest BCUT2D eigenvalue weighted by atomic mass is 10.00. The van der Waals surface area contributed by atoms with Crippen LogP contribution in [0, 0.1) is 29.3 Å². The fraction of sp³-hybridized carbons (Fsp3) is 0.550. The van der Waals surface area contributed by atoms with E-state index in [1.807, 2.05) is 0 Å². The molecule has 3 heterocycles. The minimum atomic E-state index is -1.51. The van der Waals surface area contributed by atoms with Gasteiger partial charge in [0.05, 0.1) is 11.8 Å². The van der Waals surface area contributed by atoms with Gasteiger partial charge in [-0.1, -0.05) is 0 Å². The molecule has 0 spiro atoms. The number of fused-ring (bicyclic) bond motifs is 1. The van der Waals surface area contributed by atoms with Crippen molar-refractivity contribution in [1.82, 2.24) is 14.7 Å². The van der Waals surface area contributed by atoms with E-state index in [-0.39, 0.29) is 29.8 Å². The second-order valence-electron chi connectivity index (χ2n) is 7.95. The van der Waals surface area contributed by atoms with Gasteiger partial charge in [0.25, 0.3) is 0 Å². The molecule has 6 nitrogen and oxygen atoms in total. The third-order valence-corrected chi connectivity index (χ3v) is 5.99. The number of imide groups is 1. The summed E-state index contributed by atoms with van der Waals surface area (Å²) in [5.41, 5.74) is 0.258. The molecule has 2 atom stereocenters. The lowest BCUT2D eigenvalue weighted by molar-refractivity contribution is -0.140. The van der Waals surface area contributed by atoms with Crippen LogP contribution in [-0.4, -0.2) is 65.1 Å². The monoisotopic (exact) mass is 409 g/mol. The third-order valence-electron chi connectivity index (χ3n) is 5.99. The van der Waals surface area contributed by atoms with E-state index in [1.165, 1.54) is 4.90 Å². The van der Waals surface area contributed by atoms with Crippen LogP contribution in [0.15, 0.2) is 12.1 Å². The molecule has 0 radical (unpaired) electrons. The van der Waals surface area contributed by atoms with Crippen molar-refractivity contribution in [3.05, 3.63) is 35.1 Å². The molecular formula is C20H22F3N3O3. The third kappa shape index (κ3) is 3.75. The highest BCUT2D eigenvalue weighted by Crippen LogP contribution is 2.34. The van der Waals surface area contributed by atoms with Crippen LogP contribution in [0.2, 0.25) is 0 Å². The Labute approximate surface area is 166 Å². The van der Waals surface area contributed by atoms with E-state index in [0.29, 0.717) is 39.0 Å². The Morgan fingerprint density at radius 1 is 0.931 bits per heavy atom. The first-order valence-electron chi connectivity index (χ1n) is 9.84. The quantitative estimate of drug-likeness (QED) is 0.528. The van der Waals surface area contributed by atoms with E-state index >= 15 is 0 Å². The van der Waals surface area contributed by atoms with Crippen molar-refractivity contribution in [2.45, 2.75) is 25.8 Å². The molecule has 29 heavy (non-hydrogen) atoms. The van der Waals surface area contributed by atoms with Gasteiger partial charge in [-0.25, -0.2) is 13.2 Å². The lowest BCUT2D eigenvalue weighted by Gasteiger charge is -2.22. The maximum absolute atomic E-state index is 13.4. The predicted octanol–water partition coefficient (Wildman–Crippen LogP) is 1.53. The number of likely N-dealkylation sites (tertiary alicyclic amines) is 3. The first-order chi connectivity index (χ1) is 13.8. The summed E-state index contributed by atoms with van der Waals surface area (Å²) in [4.78, 5) is 41.8. The minimum absolute atomic E-state index is 0.116. The Kier molecular flexibility index (Phi) is 5.33. The fourth-order valence-electron chi connectivity index (χ4n) is 4.56. The molecule has 1 aromatic carbocycles. The minimum Gasteiger partial charge on any atom is -0.343 e. The van der Waals surface area contributed by atoms with Gasteiger partial charge in [-0.3, -0.25) is 24.2 Å². The molecule has 0 bridgehead atoms. The number of nitrogens with zero attached hydrogens (tertiary/aromatic N) is 3. The number of carbonyl (C=O) groups excluding carboxylic acids is 3. The van der Waals surface area contributed by atoms with Gasteiger partial charge in [-0.15, -0.1) is 0 Å². The molecule has 3 aliphatic heterocycles. The van der Waals surface area contributed by atoms with Crippen molar-refractivity contribution in [1.29, 1.82) is 0 Å². The van der Waals surface area contributed by atoms with Crippen LogP contribution in [0.25, 0.3) is 0 Å². The molecule has 0 saturated carbocycles. The molecular weight excluding hydrogens is 387 g/mol. The maximum Gasteiger partial charge on any atom is 0.234 e. The second-order valence-corrected chi connectivity index (χ2v) is 7.95. The Balaban J connectivity index is 1.33. The van der Waals surface area contributed by atoms with Gasteiger partial charge < -0.3 is 4.90 Å². The van der Waals surface area contributed by atoms with Gasteiger partial charge in [-0.05, 0) is 30.5 Å². The SMILES string of the molecule is O=C1CCCN1CCCN1C(=O)[C@H]2CN(Cc3cc(F)c(F)c(F)c3)C[C@H]2C1=O. The molecule has 156 valence electrons. The van der Waals surface area contributed by atoms with Crippen LogP contribution in [0.1, 0.15) is 24.8 Å². The van der Waals surface area contributed by atoms with Crippen molar-refractivity contribution in [2.24, 2.45) is 11.8 Å². The zero-order chi connectivity index (χ0) is 20.7. The lowest BCUT2D eigenvalue weighted by Crippen LogP contribution is -2.38. The van der Waals surface area contributed by atoms with Gasteiger partial charge in [0.2, 0.25) is 17.7 Å². The number of carbonyl (C=O) groups is 3. The summed E-state index contributed by atoms with van der Waals surface area (Å²) in [6, 6.07) is 1.87. The number of hydrogen-bond donors (Lipinski definition) is 0. The van der Waals surface area contributed by atoms with Crippen molar-refractivity contribution in [2.75, 3.05) is 32.7 Å². The standard InChI is InChI=1S/C20H22F3N3O3/c21-15-7-12(8-16(22)18(15)23)9-24-10-13-14(11-24)20(29)26(19(13)28)6-2-5-25-4-1-3-17(25)27/h7-8,13-14H,1-6,9-11H2/t13-,14+. The number of hydrogen-bond acceptors (Lipinski definition) is 4. The summed E-state index contributed by atoms with van der Waals surface area (Å²) < 4.78 is 39.9. The Hall–Kier alpha value is -2.42. The number of amides is 3. The van der Waals surface area contributed by atoms with Crippen LogP contribution in [0.3, 0.4) is 0 Å². The predicted molar refractivity (Wildman–Crippen MR) is 95.7 cm³/mol. The van der Waals surface area contributed by atoms with Crippen LogP contribution in [0.5, 0.6) is 0 Å². The summed E-state index contributed by atoms with van der Waals surface area (Å²) >= 11 is 0. The first kappa shape index (κ1) is 19.9. The molecule has 3 amide bonds. The molecule has 0 unspecified atom stereocenters. The first-order valence-corrected chi connectivity index (χ1v) is 9.84. The van der Waals surface area contributed by atoms with Crippen molar-refractivity contribution < 1.29 is 27.6 Å².